The Morgan fingerprint density at radius 2 is 0.929 bits per heavy atom. The maximum absolute atomic E-state index is 12.7. The third kappa shape index (κ3) is 32.3. The van der Waals surface area contributed by atoms with Crippen LogP contribution in [0.25, 0.3) is 0 Å². The zero-order valence-corrected chi connectivity index (χ0v) is 33.6. The van der Waals surface area contributed by atoms with Crippen molar-refractivity contribution in [3.8, 4) is 0 Å². The van der Waals surface area contributed by atoms with Gasteiger partial charge in [0.15, 0.2) is 0 Å². The lowest BCUT2D eigenvalue weighted by Crippen LogP contribution is -2.47. The average Bonchev–Trinajstić information content (AvgIpc) is 3.15. The summed E-state index contributed by atoms with van der Waals surface area (Å²) in [7, 11) is 0. The van der Waals surface area contributed by atoms with Gasteiger partial charge in [0.25, 0.3) is 0 Å². The summed E-state index contributed by atoms with van der Waals surface area (Å²) >= 11 is 0. The molecule has 3 atom stereocenters. The highest BCUT2D eigenvalue weighted by atomic mass is 16.5. The summed E-state index contributed by atoms with van der Waals surface area (Å²) in [5.74, 6) is -2.41. The molecule has 0 saturated heterocycles. The monoisotopic (exact) mass is 803 g/mol. The number of carbonyl (C=O) groups excluding carboxylic acids is 7. The molecule has 0 heterocycles. The normalized spacial score (nSPS) is 12.6. The Kier molecular flexibility index (Phi) is 33.0. The number of unbranched alkanes of at least 4 members (excludes halogenated alkanes) is 3. The van der Waals surface area contributed by atoms with Crippen molar-refractivity contribution in [2.75, 3.05) is 85.6 Å². The summed E-state index contributed by atoms with van der Waals surface area (Å²) in [6, 6.07) is -0.692. The molecular weight excluding hydrogens is 732 g/mol. The highest BCUT2D eigenvalue weighted by Crippen LogP contribution is 2.08. The van der Waals surface area contributed by atoms with Crippen LogP contribution in [0.15, 0.2) is 0 Å². The highest BCUT2D eigenvalue weighted by molar-refractivity contribution is 5.87. The quantitative estimate of drug-likeness (QED) is 0.0345. The van der Waals surface area contributed by atoms with E-state index in [0.717, 1.165) is 25.7 Å². The Labute approximate surface area is 331 Å². The van der Waals surface area contributed by atoms with E-state index in [0.29, 0.717) is 58.2 Å². The van der Waals surface area contributed by atoms with Crippen LogP contribution in [0.1, 0.15) is 90.9 Å². The molecule has 0 aromatic rings. The number of carbonyl (C=O) groups is 7. The summed E-state index contributed by atoms with van der Waals surface area (Å²) in [6.45, 7) is 6.73. The van der Waals surface area contributed by atoms with Crippen molar-refractivity contribution in [2.24, 2.45) is 29.0 Å². The van der Waals surface area contributed by atoms with Crippen LogP contribution in [0.2, 0.25) is 0 Å². The third-order valence-corrected chi connectivity index (χ3v) is 8.47. The molecule has 324 valence electrons. The van der Waals surface area contributed by atoms with Crippen LogP contribution >= 0.6 is 0 Å². The van der Waals surface area contributed by atoms with Crippen molar-refractivity contribution < 1.29 is 52.5 Å². The Morgan fingerprint density at radius 1 is 0.482 bits per heavy atom. The Morgan fingerprint density at radius 3 is 1.45 bits per heavy atom. The van der Waals surface area contributed by atoms with Crippen molar-refractivity contribution in [2.45, 2.75) is 96.9 Å². The molecule has 0 aromatic carbocycles. The van der Waals surface area contributed by atoms with E-state index < -0.39 is 6.04 Å². The standard InChI is InChI=1S/C37H70N8O11/c1-28(35(39)50)10-4-7-16-41-33(48)26-55-24-23-54-21-19-43-34(49)27-56-25-22-53-20-18-42-31(46)13-9-14-32(47)45-30(12-3-6-15-38)37(52)44-17-8-5-11-29(2)36(40)51/h28-30H,3-27,38H2,1-2H3,(H2,39,50)(H2,40,51)(H,41,48)(H,42,46)(H,43,49)(H,44,52)(H,45,47)/t28-,29-,30-/m0/s1. The number of primary amides is 2. The fraction of sp³-hybridized carbons (Fsp3) is 0.811. The lowest BCUT2D eigenvalue weighted by Gasteiger charge is -2.18. The fourth-order valence-electron chi connectivity index (χ4n) is 4.92. The second-order valence-corrected chi connectivity index (χ2v) is 13.5. The molecule has 0 rings (SSSR count). The summed E-state index contributed by atoms with van der Waals surface area (Å²) < 4.78 is 21.3. The predicted octanol–water partition coefficient (Wildman–Crippen LogP) is -1.11. The van der Waals surface area contributed by atoms with Gasteiger partial charge in [-0.3, -0.25) is 33.6 Å². The van der Waals surface area contributed by atoms with Gasteiger partial charge in [0.05, 0.1) is 39.6 Å². The van der Waals surface area contributed by atoms with Crippen LogP contribution < -0.4 is 43.8 Å². The summed E-state index contributed by atoms with van der Waals surface area (Å²) in [5.41, 5.74) is 16.1. The minimum absolute atomic E-state index is 0.0812. The molecular formula is C37H70N8O11. The average molecular weight is 803 g/mol. The minimum atomic E-state index is -0.692. The lowest BCUT2D eigenvalue weighted by atomic mass is 10.0. The topological polar surface area (TPSA) is 295 Å². The number of nitrogens with one attached hydrogen (secondary N) is 5. The lowest BCUT2D eigenvalue weighted by molar-refractivity contribution is -0.129. The molecule has 0 fully saturated rings. The number of nitrogens with two attached hydrogens (primary N) is 3. The Hall–Kier alpha value is -3.91. The first-order chi connectivity index (χ1) is 26.9. The van der Waals surface area contributed by atoms with Gasteiger partial charge in [0.2, 0.25) is 41.4 Å². The molecule has 0 aromatic heterocycles. The number of ether oxygens (including phenoxy) is 4. The summed E-state index contributed by atoms with van der Waals surface area (Å²) in [6.07, 6.45) is 6.72. The van der Waals surface area contributed by atoms with Gasteiger partial charge in [-0.2, -0.15) is 0 Å². The molecule has 0 spiro atoms. The van der Waals surface area contributed by atoms with Crippen molar-refractivity contribution >= 4 is 41.4 Å². The van der Waals surface area contributed by atoms with Crippen LogP contribution in [-0.4, -0.2) is 133 Å². The van der Waals surface area contributed by atoms with Crippen LogP contribution in [0.4, 0.5) is 0 Å². The predicted molar refractivity (Wildman–Crippen MR) is 208 cm³/mol. The molecule has 19 heteroatoms. The molecule has 56 heavy (non-hydrogen) atoms. The Bertz CT molecular complexity index is 1130. The maximum atomic E-state index is 12.7. The van der Waals surface area contributed by atoms with Crippen molar-refractivity contribution in [3.63, 3.8) is 0 Å². The number of hydrogen-bond acceptors (Lipinski definition) is 12. The molecule has 0 radical (unpaired) electrons. The number of hydrogen-bond donors (Lipinski definition) is 8. The van der Waals surface area contributed by atoms with Crippen LogP contribution in [0, 0.1) is 11.8 Å². The summed E-state index contributed by atoms with van der Waals surface area (Å²) in [4.78, 5) is 83.2. The van der Waals surface area contributed by atoms with E-state index in [9.17, 15) is 33.6 Å². The van der Waals surface area contributed by atoms with E-state index in [4.69, 9.17) is 36.1 Å². The second-order valence-electron chi connectivity index (χ2n) is 13.5. The Balaban J connectivity index is 3.81. The first kappa shape index (κ1) is 52.1. The first-order valence-corrected chi connectivity index (χ1v) is 19.8. The first-order valence-electron chi connectivity index (χ1n) is 19.8. The molecule has 0 aliphatic rings. The second kappa shape index (κ2) is 35.5. The van der Waals surface area contributed by atoms with E-state index in [1.165, 1.54) is 0 Å². The van der Waals surface area contributed by atoms with E-state index in [1.807, 2.05) is 0 Å². The molecule has 0 aliphatic heterocycles. The smallest absolute Gasteiger partial charge is 0.246 e. The van der Waals surface area contributed by atoms with Crippen molar-refractivity contribution in [3.05, 3.63) is 0 Å². The largest absolute Gasteiger partial charge is 0.377 e. The van der Waals surface area contributed by atoms with Gasteiger partial charge in [-0.05, 0) is 57.9 Å². The van der Waals surface area contributed by atoms with Crippen LogP contribution in [0.5, 0.6) is 0 Å². The van der Waals surface area contributed by atoms with E-state index in [1.54, 1.807) is 13.8 Å². The maximum Gasteiger partial charge on any atom is 0.246 e. The van der Waals surface area contributed by atoms with Gasteiger partial charge in [0.1, 0.15) is 19.3 Å². The van der Waals surface area contributed by atoms with E-state index in [-0.39, 0.29) is 132 Å². The number of amides is 7. The van der Waals surface area contributed by atoms with E-state index >= 15 is 0 Å². The van der Waals surface area contributed by atoms with Gasteiger partial charge in [-0.15, -0.1) is 0 Å². The molecule has 0 unspecified atom stereocenters. The van der Waals surface area contributed by atoms with Gasteiger partial charge in [0, 0.05) is 50.9 Å². The van der Waals surface area contributed by atoms with Gasteiger partial charge in [-0.25, -0.2) is 0 Å². The highest BCUT2D eigenvalue weighted by Gasteiger charge is 2.20. The van der Waals surface area contributed by atoms with Crippen molar-refractivity contribution in [1.82, 2.24) is 26.6 Å². The van der Waals surface area contributed by atoms with Gasteiger partial charge < -0.3 is 62.7 Å². The molecule has 0 aliphatic carbocycles. The molecule has 11 N–H and O–H groups in total. The van der Waals surface area contributed by atoms with Crippen LogP contribution in [-0.2, 0) is 52.5 Å². The molecule has 0 saturated carbocycles. The van der Waals surface area contributed by atoms with Gasteiger partial charge in [-0.1, -0.05) is 26.7 Å². The molecule has 0 bridgehead atoms. The molecule has 7 amide bonds. The van der Waals surface area contributed by atoms with E-state index in [2.05, 4.69) is 26.6 Å². The number of rotatable bonds is 38. The minimum Gasteiger partial charge on any atom is -0.377 e. The zero-order valence-electron chi connectivity index (χ0n) is 33.6. The molecule has 19 nitrogen and oxygen atoms in total. The van der Waals surface area contributed by atoms with Crippen LogP contribution in [0.3, 0.4) is 0 Å². The van der Waals surface area contributed by atoms with Gasteiger partial charge >= 0.3 is 0 Å². The fourth-order valence-corrected chi connectivity index (χ4v) is 4.92. The zero-order chi connectivity index (χ0) is 41.8. The SMILES string of the molecule is C[C@@H](CCCCNC(=O)COCCOCCNC(=O)COCCOCCNC(=O)CCCC(=O)N[C@@H](CCCCN)C(=O)NCCCC[C@H](C)C(N)=O)C(N)=O. The summed E-state index contributed by atoms with van der Waals surface area (Å²) in [5, 5.41) is 13.7. The third-order valence-electron chi connectivity index (χ3n) is 8.47. The van der Waals surface area contributed by atoms with Crippen molar-refractivity contribution in [1.29, 1.82) is 0 Å².